The Morgan fingerprint density at radius 2 is 2.31 bits per heavy atom. The van der Waals surface area contributed by atoms with Gasteiger partial charge in [-0.25, -0.2) is 0 Å². The van der Waals surface area contributed by atoms with Crippen molar-refractivity contribution in [2.24, 2.45) is 13.0 Å². The van der Waals surface area contributed by atoms with E-state index < -0.39 is 0 Å². The van der Waals surface area contributed by atoms with E-state index in [2.05, 4.69) is 10.4 Å². The van der Waals surface area contributed by atoms with Crippen LogP contribution in [0.25, 0.3) is 0 Å². The molecule has 5 nitrogen and oxygen atoms in total. The molecule has 1 amide bonds. The van der Waals surface area contributed by atoms with Crippen molar-refractivity contribution in [3.63, 3.8) is 0 Å². The van der Waals surface area contributed by atoms with Crippen molar-refractivity contribution in [2.75, 3.05) is 11.1 Å². The number of anilines is 2. The van der Waals surface area contributed by atoms with Crippen molar-refractivity contribution in [3.8, 4) is 0 Å². The Balaban J connectivity index is 2.79. The molecule has 5 heteroatoms. The summed E-state index contributed by atoms with van der Waals surface area (Å²) < 4.78 is 1.54. The average Bonchev–Trinajstić information content (AvgIpc) is 2.35. The minimum atomic E-state index is -0.0608. The van der Waals surface area contributed by atoms with Crippen LogP contribution >= 0.6 is 0 Å². The van der Waals surface area contributed by atoms with Crippen LogP contribution in [0.1, 0.15) is 13.8 Å². The summed E-state index contributed by atoms with van der Waals surface area (Å²) in [5.41, 5.74) is 6.07. The molecule has 0 spiro atoms. The van der Waals surface area contributed by atoms with E-state index in [-0.39, 0.29) is 11.8 Å². The molecule has 72 valence electrons. The van der Waals surface area contributed by atoms with E-state index in [0.29, 0.717) is 11.5 Å². The molecule has 0 atom stereocenters. The highest BCUT2D eigenvalue weighted by molar-refractivity contribution is 5.93. The zero-order chi connectivity index (χ0) is 10.0. The van der Waals surface area contributed by atoms with E-state index in [1.807, 2.05) is 13.8 Å². The number of nitrogens with one attached hydrogen (secondary N) is 1. The zero-order valence-corrected chi connectivity index (χ0v) is 8.03. The molecule has 1 aromatic rings. The molecule has 3 N–H and O–H groups in total. The standard InChI is InChI=1S/C8H14N4O/c1-5(2)8(13)11-7-6(9)4-10-12(7)3/h4-5H,9H2,1-3H3,(H,11,13). The van der Waals surface area contributed by atoms with E-state index in [9.17, 15) is 4.79 Å². The maximum Gasteiger partial charge on any atom is 0.228 e. The molecule has 0 saturated heterocycles. The molecular formula is C8H14N4O. The number of amides is 1. The first-order chi connectivity index (χ1) is 6.02. The second-order valence-corrected chi connectivity index (χ2v) is 3.22. The number of hydrogen-bond acceptors (Lipinski definition) is 3. The Morgan fingerprint density at radius 3 is 2.69 bits per heavy atom. The van der Waals surface area contributed by atoms with E-state index in [1.54, 1.807) is 7.05 Å². The highest BCUT2D eigenvalue weighted by atomic mass is 16.1. The molecule has 1 rings (SSSR count). The summed E-state index contributed by atoms with van der Waals surface area (Å²) in [6, 6.07) is 0. The summed E-state index contributed by atoms with van der Waals surface area (Å²) in [5, 5.41) is 6.60. The van der Waals surface area contributed by atoms with Crippen LogP contribution in [0.5, 0.6) is 0 Å². The third kappa shape index (κ3) is 1.99. The molecule has 0 unspecified atom stereocenters. The average molecular weight is 182 g/mol. The second-order valence-electron chi connectivity index (χ2n) is 3.22. The summed E-state index contributed by atoms with van der Waals surface area (Å²) >= 11 is 0. The lowest BCUT2D eigenvalue weighted by molar-refractivity contribution is -0.118. The number of hydrogen-bond donors (Lipinski definition) is 2. The van der Waals surface area contributed by atoms with Gasteiger partial charge in [-0.3, -0.25) is 9.48 Å². The van der Waals surface area contributed by atoms with Crippen molar-refractivity contribution in [1.82, 2.24) is 9.78 Å². The van der Waals surface area contributed by atoms with Crippen molar-refractivity contribution in [1.29, 1.82) is 0 Å². The number of nitrogens with zero attached hydrogens (tertiary/aromatic N) is 2. The van der Waals surface area contributed by atoms with Crippen molar-refractivity contribution in [3.05, 3.63) is 6.20 Å². The predicted octanol–water partition coefficient (Wildman–Crippen LogP) is 0.597. The number of rotatable bonds is 2. The fourth-order valence-electron chi connectivity index (χ4n) is 0.869. The Bertz CT molecular complexity index is 296. The molecule has 0 aliphatic rings. The lowest BCUT2D eigenvalue weighted by Crippen LogP contribution is -2.20. The molecular weight excluding hydrogens is 168 g/mol. The number of carbonyl (C=O) groups excluding carboxylic acids is 1. The lowest BCUT2D eigenvalue weighted by atomic mass is 10.2. The highest BCUT2D eigenvalue weighted by Gasteiger charge is 2.11. The van der Waals surface area contributed by atoms with Crippen LogP contribution in [-0.4, -0.2) is 15.7 Å². The minimum absolute atomic E-state index is 0.0599. The highest BCUT2D eigenvalue weighted by Crippen LogP contribution is 2.16. The number of nitrogen functional groups attached to an aromatic ring is 1. The summed E-state index contributed by atoms with van der Waals surface area (Å²) in [6.07, 6.45) is 1.51. The van der Waals surface area contributed by atoms with Crippen LogP contribution in [0.3, 0.4) is 0 Å². The maximum absolute atomic E-state index is 11.3. The van der Waals surface area contributed by atoms with Crippen LogP contribution in [0.15, 0.2) is 6.20 Å². The minimum Gasteiger partial charge on any atom is -0.394 e. The molecule has 13 heavy (non-hydrogen) atoms. The Labute approximate surface area is 76.9 Å². The van der Waals surface area contributed by atoms with Crippen molar-refractivity contribution in [2.45, 2.75) is 13.8 Å². The topological polar surface area (TPSA) is 72.9 Å². The van der Waals surface area contributed by atoms with Gasteiger partial charge in [0, 0.05) is 13.0 Å². The summed E-state index contributed by atoms with van der Waals surface area (Å²) in [4.78, 5) is 11.3. The smallest absolute Gasteiger partial charge is 0.228 e. The van der Waals surface area contributed by atoms with Gasteiger partial charge in [-0.15, -0.1) is 0 Å². The van der Waals surface area contributed by atoms with Gasteiger partial charge in [-0.2, -0.15) is 5.10 Å². The van der Waals surface area contributed by atoms with Crippen LogP contribution in [0.2, 0.25) is 0 Å². The first kappa shape index (κ1) is 9.57. The van der Waals surface area contributed by atoms with E-state index >= 15 is 0 Å². The fourth-order valence-corrected chi connectivity index (χ4v) is 0.869. The van der Waals surface area contributed by atoms with Crippen LogP contribution in [0, 0.1) is 5.92 Å². The zero-order valence-electron chi connectivity index (χ0n) is 8.03. The molecule has 1 heterocycles. The van der Waals surface area contributed by atoms with Gasteiger partial charge in [-0.1, -0.05) is 13.8 Å². The normalized spacial score (nSPS) is 10.5. The van der Waals surface area contributed by atoms with E-state index in [0.717, 1.165) is 0 Å². The largest absolute Gasteiger partial charge is 0.394 e. The maximum atomic E-state index is 11.3. The molecule has 0 fully saturated rings. The van der Waals surface area contributed by atoms with Gasteiger partial charge < -0.3 is 11.1 Å². The third-order valence-electron chi connectivity index (χ3n) is 1.73. The Morgan fingerprint density at radius 1 is 1.69 bits per heavy atom. The van der Waals surface area contributed by atoms with Crippen molar-refractivity contribution >= 4 is 17.4 Å². The van der Waals surface area contributed by atoms with Crippen LogP contribution in [-0.2, 0) is 11.8 Å². The summed E-state index contributed by atoms with van der Waals surface area (Å²) in [6.45, 7) is 3.64. The molecule has 0 saturated carbocycles. The van der Waals surface area contributed by atoms with Gasteiger partial charge in [0.2, 0.25) is 5.91 Å². The number of carbonyl (C=O) groups is 1. The number of aromatic nitrogens is 2. The quantitative estimate of drug-likeness (QED) is 0.703. The van der Waals surface area contributed by atoms with Gasteiger partial charge >= 0.3 is 0 Å². The summed E-state index contributed by atoms with van der Waals surface area (Å²) in [5.74, 6) is 0.434. The molecule has 0 bridgehead atoms. The molecule has 0 aliphatic heterocycles. The molecule has 0 aromatic carbocycles. The SMILES string of the molecule is CC(C)C(=O)Nc1c(N)cnn1C. The van der Waals surface area contributed by atoms with Gasteiger partial charge in [-0.05, 0) is 0 Å². The lowest BCUT2D eigenvalue weighted by Gasteiger charge is -2.08. The molecule has 0 radical (unpaired) electrons. The van der Waals surface area contributed by atoms with Gasteiger partial charge in [0.05, 0.1) is 11.9 Å². The van der Waals surface area contributed by atoms with Crippen LogP contribution in [0.4, 0.5) is 11.5 Å². The first-order valence-corrected chi connectivity index (χ1v) is 4.10. The van der Waals surface area contributed by atoms with Gasteiger partial charge in [0.25, 0.3) is 0 Å². The predicted molar refractivity (Wildman–Crippen MR) is 51.1 cm³/mol. The van der Waals surface area contributed by atoms with Gasteiger partial charge in [0.1, 0.15) is 0 Å². The fraction of sp³-hybridized carbons (Fsp3) is 0.500. The first-order valence-electron chi connectivity index (χ1n) is 4.10. The van der Waals surface area contributed by atoms with Gasteiger partial charge in [0.15, 0.2) is 5.82 Å². The number of aryl methyl sites for hydroxylation is 1. The van der Waals surface area contributed by atoms with E-state index in [1.165, 1.54) is 10.9 Å². The molecule has 1 aromatic heterocycles. The summed E-state index contributed by atoms with van der Waals surface area (Å²) in [7, 11) is 1.73. The van der Waals surface area contributed by atoms with E-state index in [4.69, 9.17) is 5.73 Å². The Kier molecular flexibility index (Phi) is 2.55. The number of nitrogens with two attached hydrogens (primary N) is 1. The molecule has 0 aliphatic carbocycles. The second kappa shape index (κ2) is 3.47. The van der Waals surface area contributed by atoms with Crippen molar-refractivity contribution < 1.29 is 4.79 Å². The third-order valence-corrected chi connectivity index (χ3v) is 1.73. The Hall–Kier alpha value is -1.52. The van der Waals surface area contributed by atoms with Crippen LogP contribution < -0.4 is 11.1 Å². The monoisotopic (exact) mass is 182 g/mol.